The smallest absolute Gasteiger partial charge is 0.257 e. The number of anilines is 1. The summed E-state index contributed by atoms with van der Waals surface area (Å²) < 4.78 is 6.72. The fourth-order valence-electron chi connectivity index (χ4n) is 1.90. The van der Waals surface area contributed by atoms with Gasteiger partial charge in [-0.1, -0.05) is 28.1 Å². The van der Waals surface area contributed by atoms with Gasteiger partial charge in [0.1, 0.15) is 12.4 Å². The lowest BCUT2D eigenvalue weighted by atomic mass is 10.1. The van der Waals surface area contributed by atoms with Crippen LogP contribution in [-0.4, -0.2) is 10.9 Å². The Bertz CT molecular complexity index is 771. The first-order chi connectivity index (χ1) is 11.2. The van der Waals surface area contributed by atoms with E-state index in [0.29, 0.717) is 17.3 Å². The van der Waals surface area contributed by atoms with E-state index in [1.165, 1.54) is 11.3 Å². The lowest BCUT2D eigenvalue weighted by Crippen LogP contribution is -2.11. The maximum atomic E-state index is 12.1. The van der Waals surface area contributed by atoms with Gasteiger partial charge in [-0.3, -0.25) is 10.1 Å². The van der Waals surface area contributed by atoms with Crippen LogP contribution in [0, 0.1) is 0 Å². The second kappa shape index (κ2) is 7.39. The monoisotopic (exact) mass is 388 g/mol. The van der Waals surface area contributed by atoms with Gasteiger partial charge in [0.15, 0.2) is 5.13 Å². The van der Waals surface area contributed by atoms with Crippen molar-refractivity contribution in [2.24, 2.45) is 0 Å². The maximum Gasteiger partial charge on any atom is 0.257 e. The summed E-state index contributed by atoms with van der Waals surface area (Å²) in [6.45, 7) is 0.454. The summed E-state index contributed by atoms with van der Waals surface area (Å²) in [6, 6.07) is 15.0. The van der Waals surface area contributed by atoms with E-state index in [4.69, 9.17) is 4.74 Å². The second-order valence-corrected chi connectivity index (χ2v) is 6.54. The number of carbonyl (C=O) groups excluding carboxylic acids is 1. The quantitative estimate of drug-likeness (QED) is 0.686. The number of amides is 1. The normalized spacial score (nSPS) is 10.3. The summed E-state index contributed by atoms with van der Waals surface area (Å²) in [7, 11) is 0. The molecule has 0 radical (unpaired) electrons. The van der Waals surface area contributed by atoms with Gasteiger partial charge in [-0.05, 0) is 42.0 Å². The van der Waals surface area contributed by atoms with E-state index in [0.717, 1.165) is 15.8 Å². The minimum Gasteiger partial charge on any atom is -0.489 e. The van der Waals surface area contributed by atoms with Crippen LogP contribution in [0.15, 0.2) is 64.6 Å². The summed E-state index contributed by atoms with van der Waals surface area (Å²) >= 11 is 4.78. The number of ether oxygens (including phenoxy) is 1. The van der Waals surface area contributed by atoms with Gasteiger partial charge in [0.2, 0.25) is 0 Å². The van der Waals surface area contributed by atoms with Crippen molar-refractivity contribution in [3.63, 3.8) is 0 Å². The number of hydrogen-bond acceptors (Lipinski definition) is 4. The Hall–Kier alpha value is -2.18. The number of nitrogens with one attached hydrogen (secondary N) is 1. The molecule has 0 saturated carbocycles. The Morgan fingerprint density at radius 3 is 2.52 bits per heavy atom. The number of aromatic nitrogens is 1. The molecule has 3 aromatic rings. The van der Waals surface area contributed by atoms with E-state index >= 15 is 0 Å². The topological polar surface area (TPSA) is 51.2 Å². The molecule has 1 aromatic heterocycles. The highest BCUT2D eigenvalue weighted by Crippen LogP contribution is 2.18. The van der Waals surface area contributed by atoms with Gasteiger partial charge in [-0.2, -0.15) is 0 Å². The number of nitrogens with zero attached hydrogens (tertiary/aromatic N) is 1. The molecule has 0 saturated heterocycles. The molecular formula is C17H13BrN2O2S. The van der Waals surface area contributed by atoms with E-state index in [2.05, 4.69) is 26.2 Å². The van der Waals surface area contributed by atoms with Gasteiger partial charge in [0, 0.05) is 21.6 Å². The Morgan fingerprint density at radius 2 is 1.87 bits per heavy atom. The minimum absolute atomic E-state index is 0.166. The number of carbonyl (C=O) groups is 1. The number of hydrogen-bond donors (Lipinski definition) is 1. The minimum atomic E-state index is -0.166. The molecule has 1 heterocycles. The van der Waals surface area contributed by atoms with Crippen LogP contribution in [0.3, 0.4) is 0 Å². The van der Waals surface area contributed by atoms with Crippen molar-refractivity contribution in [2.45, 2.75) is 6.61 Å². The molecule has 3 rings (SSSR count). The standard InChI is InChI=1S/C17H13BrN2O2S/c18-14-5-7-15(8-6-14)22-11-12-1-3-13(4-2-12)16(21)20-17-19-9-10-23-17/h1-10H,11H2,(H,19,20,21). The average Bonchev–Trinajstić information content (AvgIpc) is 3.08. The van der Waals surface area contributed by atoms with Crippen LogP contribution in [0.4, 0.5) is 5.13 Å². The maximum absolute atomic E-state index is 12.1. The summed E-state index contributed by atoms with van der Waals surface area (Å²) in [5.41, 5.74) is 1.59. The predicted molar refractivity (Wildman–Crippen MR) is 95.0 cm³/mol. The zero-order valence-electron chi connectivity index (χ0n) is 12.0. The first-order valence-electron chi connectivity index (χ1n) is 6.89. The second-order valence-electron chi connectivity index (χ2n) is 4.73. The molecule has 0 atom stereocenters. The van der Waals surface area contributed by atoms with Crippen LogP contribution in [0.5, 0.6) is 5.75 Å². The molecule has 6 heteroatoms. The van der Waals surface area contributed by atoms with Crippen molar-refractivity contribution in [2.75, 3.05) is 5.32 Å². The Morgan fingerprint density at radius 1 is 1.13 bits per heavy atom. The summed E-state index contributed by atoms with van der Waals surface area (Å²) in [4.78, 5) is 16.1. The van der Waals surface area contributed by atoms with Crippen LogP contribution < -0.4 is 10.1 Å². The third-order valence-corrected chi connectivity index (χ3v) is 4.31. The van der Waals surface area contributed by atoms with E-state index in [1.807, 2.05) is 41.8 Å². The molecule has 0 aliphatic rings. The molecule has 2 aromatic carbocycles. The van der Waals surface area contributed by atoms with Crippen molar-refractivity contribution in [1.29, 1.82) is 0 Å². The highest BCUT2D eigenvalue weighted by Gasteiger charge is 2.07. The van der Waals surface area contributed by atoms with Gasteiger partial charge < -0.3 is 4.74 Å². The third kappa shape index (κ3) is 4.40. The number of thiazole rings is 1. The zero-order chi connectivity index (χ0) is 16.1. The van der Waals surface area contributed by atoms with Crippen molar-refractivity contribution in [3.05, 3.63) is 75.7 Å². The molecule has 4 nitrogen and oxygen atoms in total. The van der Waals surface area contributed by atoms with Crippen LogP contribution in [-0.2, 0) is 6.61 Å². The van der Waals surface area contributed by atoms with E-state index in [9.17, 15) is 4.79 Å². The van der Waals surface area contributed by atoms with Gasteiger partial charge in [0.05, 0.1) is 0 Å². The molecule has 0 bridgehead atoms. The molecule has 0 spiro atoms. The van der Waals surface area contributed by atoms with Crippen LogP contribution in [0.25, 0.3) is 0 Å². The first-order valence-corrected chi connectivity index (χ1v) is 8.56. The zero-order valence-corrected chi connectivity index (χ0v) is 14.4. The Kier molecular flexibility index (Phi) is 5.05. The highest BCUT2D eigenvalue weighted by molar-refractivity contribution is 9.10. The van der Waals surface area contributed by atoms with Crippen LogP contribution >= 0.6 is 27.3 Å². The first kappa shape index (κ1) is 15.7. The lowest BCUT2D eigenvalue weighted by Gasteiger charge is -2.07. The Balaban J connectivity index is 1.58. The van der Waals surface area contributed by atoms with Crippen molar-refractivity contribution in [1.82, 2.24) is 4.98 Å². The van der Waals surface area contributed by atoms with Crippen LogP contribution in [0.2, 0.25) is 0 Å². The number of benzene rings is 2. The van der Waals surface area contributed by atoms with Crippen LogP contribution in [0.1, 0.15) is 15.9 Å². The molecule has 0 fully saturated rings. The summed E-state index contributed by atoms with van der Waals surface area (Å²) in [5.74, 6) is 0.638. The average molecular weight is 389 g/mol. The molecule has 0 aliphatic heterocycles. The fourth-order valence-corrected chi connectivity index (χ4v) is 2.69. The molecule has 116 valence electrons. The Labute approximate surface area is 146 Å². The summed E-state index contributed by atoms with van der Waals surface area (Å²) in [5, 5.41) is 5.17. The molecule has 0 unspecified atom stereocenters. The van der Waals surface area contributed by atoms with Gasteiger partial charge in [-0.25, -0.2) is 4.98 Å². The van der Waals surface area contributed by atoms with Crippen molar-refractivity contribution >= 4 is 38.3 Å². The largest absolute Gasteiger partial charge is 0.489 e. The molecular weight excluding hydrogens is 376 g/mol. The molecule has 1 amide bonds. The highest BCUT2D eigenvalue weighted by atomic mass is 79.9. The SMILES string of the molecule is O=C(Nc1nccs1)c1ccc(COc2ccc(Br)cc2)cc1. The fraction of sp³-hybridized carbons (Fsp3) is 0.0588. The number of halogens is 1. The summed E-state index contributed by atoms with van der Waals surface area (Å²) in [6.07, 6.45) is 1.66. The van der Waals surface area contributed by atoms with Gasteiger partial charge in [0.25, 0.3) is 5.91 Å². The third-order valence-electron chi connectivity index (χ3n) is 3.09. The van der Waals surface area contributed by atoms with E-state index < -0.39 is 0 Å². The molecule has 0 aliphatic carbocycles. The van der Waals surface area contributed by atoms with Crippen molar-refractivity contribution < 1.29 is 9.53 Å². The predicted octanol–water partition coefficient (Wildman–Crippen LogP) is 4.74. The van der Waals surface area contributed by atoms with E-state index in [-0.39, 0.29) is 5.91 Å². The van der Waals surface area contributed by atoms with Gasteiger partial charge in [-0.15, -0.1) is 11.3 Å². The van der Waals surface area contributed by atoms with Crippen molar-refractivity contribution in [3.8, 4) is 5.75 Å². The number of rotatable bonds is 5. The molecule has 1 N–H and O–H groups in total. The van der Waals surface area contributed by atoms with E-state index in [1.54, 1.807) is 18.3 Å². The molecule has 23 heavy (non-hydrogen) atoms. The van der Waals surface area contributed by atoms with Gasteiger partial charge >= 0.3 is 0 Å². The lowest BCUT2D eigenvalue weighted by molar-refractivity contribution is 0.102.